The SMILES string of the molecule is NCC1(c2cccc(C(=O)c3ccc[nH]3)c2)CC1. The summed E-state index contributed by atoms with van der Waals surface area (Å²) in [5.74, 6) is 0.0367. The summed E-state index contributed by atoms with van der Waals surface area (Å²) < 4.78 is 0. The number of aromatic amines is 1. The fourth-order valence-electron chi connectivity index (χ4n) is 2.38. The summed E-state index contributed by atoms with van der Waals surface area (Å²) in [6, 6.07) is 11.5. The van der Waals surface area contributed by atoms with Crippen molar-refractivity contribution in [3.05, 3.63) is 59.4 Å². The van der Waals surface area contributed by atoms with E-state index in [4.69, 9.17) is 5.73 Å². The molecule has 92 valence electrons. The van der Waals surface area contributed by atoms with Gasteiger partial charge in [-0.15, -0.1) is 0 Å². The molecule has 1 aliphatic carbocycles. The van der Waals surface area contributed by atoms with E-state index in [1.807, 2.05) is 24.3 Å². The summed E-state index contributed by atoms with van der Waals surface area (Å²) in [4.78, 5) is 15.2. The third-order valence-corrected chi connectivity index (χ3v) is 3.82. The monoisotopic (exact) mass is 240 g/mol. The van der Waals surface area contributed by atoms with Crippen LogP contribution in [0.25, 0.3) is 0 Å². The van der Waals surface area contributed by atoms with Crippen molar-refractivity contribution in [3.8, 4) is 0 Å². The zero-order valence-corrected chi connectivity index (χ0v) is 10.1. The van der Waals surface area contributed by atoms with Gasteiger partial charge in [-0.05, 0) is 36.6 Å². The molecule has 0 amide bonds. The second-order valence-corrected chi connectivity index (χ2v) is 4.98. The molecular weight excluding hydrogens is 224 g/mol. The van der Waals surface area contributed by atoms with E-state index < -0.39 is 0 Å². The number of carbonyl (C=O) groups excluding carboxylic acids is 1. The van der Waals surface area contributed by atoms with Gasteiger partial charge in [-0.2, -0.15) is 0 Å². The molecule has 0 aliphatic heterocycles. The van der Waals surface area contributed by atoms with Crippen LogP contribution in [0.5, 0.6) is 0 Å². The standard InChI is InChI=1S/C15H16N2O/c16-10-15(6-7-15)12-4-1-3-11(9-12)14(18)13-5-2-8-17-13/h1-5,8-9,17H,6-7,10,16H2. The van der Waals surface area contributed by atoms with Crippen LogP contribution in [0, 0.1) is 0 Å². The van der Waals surface area contributed by atoms with E-state index in [9.17, 15) is 4.79 Å². The average Bonchev–Trinajstić information content (AvgIpc) is 3.04. The van der Waals surface area contributed by atoms with Crippen molar-refractivity contribution in [2.75, 3.05) is 6.54 Å². The number of benzene rings is 1. The van der Waals surface area contributed by atoms with E-state index in [0.717, 1.165) is 18.4 Å². The maximum absolute atomic E-state index is 12.2. The molecule has 0 radical (unpaired) electrons. The van der Waals surface area contributed by atoms with Crippen LogP contribution in [0.15, 0.2) is 42.6 Å². The van der Waals surface area contributed by atoms with Gasteiger partial charge in [0, 0.05) is 23.7 Å². The molecule has 1 heterocycles. The zero-order chi connectivity index (χ0) is 12.6. The fourth-order valence-corrected chi connectivity index (χ4v) is 2.38. The van der Waals surface area contributed by atoms with Crippen LogP contribution < -0.4 is 5.73 Å². The molecule has 0 spiro atoms. The number of nitrogens with one attached hydrogen (secondary N) is 1. The van der Waals surface area contributed by atoms with E-state index in [1.165, 1.54) is 5.56 Å². The van der Waals surface area contributed by atoms with Gasteiger partial charge in [-0.1, -0.05) is 18.2 Å². The molecule has 1 aromatic carbocycles. The van der Waals surface area contributed by atoms with Gasteiger partial charge in [-0.25, -0.2) is 0 Å². The summed E-state index contributed by atoms with van der Waals surface area (Å²) in [5, 5.41) is 0. The van der Waals surface area contributed by atoms with Crippen molar-refractivity contribution in [1.29, 1.82) is 0 Å². The Morgan fingerprint density at radius 3 is 2.72 bits per heavy atom. The molecule has 1 saturated carbocycles. The highest BCUT2D eigenvalue weighted by molar-refractivity contribution is 6.07. The van der Waals surface area contributed by atoms with Crippen LogP contribution in [0.4, 0.5) is 0 Å². The lowest BCUT2D eigenvalue weighted by Gasteiger charge is -2.13. The predicted molar refractivity (Wildman–Crippen MR) is 70.6 cm³/mol. The lowest BCUT2D eigenvalue weighted by atomic mass is 9.93. The number of rotatable bonds is 4. The molecule has 1 fully saturated rings. The van der Waals surface area contributed by atoms with Gasteiger partial charge in [-0.3, -0.25) is 4.79 Å². The van der Waals surface area contributed by atoms with Gasteiger partial charge in [0.25, 0.3) is 0 Å². The Morgan fingerprint density at radius 1 is 1.28 bits per heavy atom. The predicted octanol–water partition coefficient (Wildman–Crippen LogP) is 2.24. The first-order valence-electron chi connectivity index (χ1n) is 6.24. The Bertz CT molecular complexity index is 568. The van der Waals surface area contributed by atoms with Crippen LogP contribution >= 0.6 is 0 Å². The quantitative estimate of drug-likeness (QED) is 0.805. The molecule has 1 aromatic heterocycles. The fraction of sp³-hybridized carbons (Fsp3) is 0.267. The highest BCUT2D eigenvalue weighted by atomic mass is 16.1. The smallest absolute Gasteiger partial charge is 0.209 e. The Morgan fingerprint density at radius 2 is 2.11 bits per heavy atom. The number of ketones is 1. The molecule has 0 bridgehead atoms. The van der Waals surface area contributed by atoms with E-state index in [1.54, 1.807) is 12.3 Å². The van der Waals surface area contributed by atoms with Gasteiger partial charge in [0.15, 0.2) is 0 Å². The molecule has 3 heteroatoms. The molecule has 0 saturated heterocycles. The Hall–Kier alpha value is -1.87. The second kappa shape index (κ2) is 4.10. The highest BCUT2D eigenvalue weighted by Crippen LogP contribution is 2.47. The minimum absolute atomic E-state index is 0.0367. The lowest BCUT2D eigenvalue weighted by Crippen LogP contribution is -2.20. The summed E-state index contributed by atoms with van der Waals surface area (Å²) in [7, 11) is 0. The second-order valence-electron chi connectivity index (χ2n) is 4.98. The maximum Gasteiger partial charge on any atom is 0.209 e. The number of hydrogen-bond donors (Lipinski definition) is 2. The lowest BCUT2D eigenvalue weighted by molar-refractivity contribution is 0.103. The van der Waals surface area contributed by atoms with Gasteiger partial charge in [0.1, 0.15) is 0 Å². The first-order chi connectivity index (χ1) is 8.75. The van der Waals surface area contributed by atoms with Crippen LogP contribution in [-0.4, -0.2) is 17.3 Å². The van der Waals surface area contributed by atoms with E-state index in [-0.39, 0.29) is 11.2 Å². The molecule has 3 N–H and O–H groups in total. The van der Waals surface area contributed by atoms with Gasteiger partial charge < -0.3 is 10.7 Å². The Labute approximate surface area is 106 Å². The molecule has 0 atom stereocenters. The van der Waals surface area contributed by atoms with Crippen LogP contribution in [0.2, 0.25) is 0 Å². The first kappa shape index (κ1) is 11.2. The third-order valence-electron chi connectivity index (χ3n) is 3.82. The number of carbonyl (C=O) groups is 1. The Balaban J connectivity index is 1.94. The molecule has 1 aliphatic rings. The van der Waals surface area contributed by atoms with Crippen LogP contribution in [0.3, 0.4) is 0 Å². The van der Waals surface area contributed by atoms with Crippen molar-refractivity contribution in [3.63, 3.8) is 0 Å². The number of H-pyrrole nitrogens is 1. The first-order valence-corrected chi connectivity index (χ1v) is 6.24. The minimum Gasteiger partial charge on any atom is -0.359 e. The molecule has 18 heavy (non-hydrogen) atoms. The average molecular weight is 240 g/mol. The summed E-state index contributed by atoms with van der Waals surface area (Å²) in [5.41, 5.74) is 8.52. The molecule has 0 unspecified atom stereocenters. The van der Waals surface area contributed by atoms with Crippen LogP contribution in [0.1, 0.15) is 34.5 Å². The molecule has 2 aromatic rings. The van der Waals surface area contributed by atoms with E-state index in [2.05, 4.69) is 11.1 Å². The Kier molecular flexibility index (Phi) is 2.56. The van der Waals surface area contributed by atoms with Crippen molar-refractivity contribution in [2.45, 2.75) is 18.3 Å². The van der Waals surface area contributed by atoms with Crippen molar-refractivity contribution in [2.24, 2.45) is 5.73 Å². The number of hydrogen-bond acceptors (Lipinski definition) is 2. The van der Waals surface area contributed by atoms with Crippen LogP contribution in [-0.2, 0) is 5.41 Å². The third kappa shape index (κ3) is 1.77. The summed E-state index contributed by atoms with van der Waals surface area (Å²) in [6.07, 6.45) is 4.02. The van der Waals surface area contributed by atoms with Crippen molar-refractivity contribution in [1.82, 2.24) is 4.98 Å². The maximum atomic E-state index is 12.2. The molecule has 3 nitrogen and oxygen atoms in total. The summed E-state index contributed by atoms with van der Waals surface area (Å²) in [6.45, 7) is 0.660. The van der Waals surface area contributed by atoms with E-state index in [0.29, 0.717) is 12.2 Å². The highest BCUT2D eigenvalue weighted by Gasteiger charge is 2.42. The number of nitrogens with two attached hydrogens (primary N) is 1. The van der Waals surface area contributed by atoms with Crippen molar-refractivity contribution < 1.29 is 4.79 Å². The van der Waals surface area contributed by atoms with Gasteiger partial charge in [0.2, 0.25) is 5.78 Å². The zero-order valence-electron chi connectivity index (χ0n) is 10.1. The van der Waals surface area contributed by atoms with Gasteiger partial charge in [0.05, 0.1) is 5.69 Å². The topological polar surface area (TPSA) is 58.9 Å². The number of aromatic nitrogens is 1. The minimum atomic E-state index is 0.0367. The van der Waals surface area contributed by atoms with Gasteiger partial charge >= 0.3 is 0 Å². The molecule has 3 rings (SSSR count). The summed E-state index contributed by atoms with van der Waals surface area (Å²) >= 11 is 0. The molecular formula is C15H16N2O. The van der Waals surface area contributed by atoms with Crippen molar-refractivity contribution >= 4 is 5.78 Å². The normalized spacial score (nSPS) is 16.5. The van der Waals surface area contributed by atoms with E-state index >= 15 is 0 Å². The largest absolute Gasteiger partial charge is 0.359 e.